The van der Waals surface area contributed by atoms with E-state index in [1.54, 1.807) is 0 Å². The second-order valence-electron chi connectivity index (χ2n) is 4.66. The van der Waals surface area contributed by atoms with Crippen LogP contribution in [-0.2, 0) is 0 Å². The van der Waals surface area contributed by atoms with Crippen LogP contribution in [0, 0.1) is 9.49 Å². The van der Waals surface area contributed by atoms with Gasteiger partial charge in [0, 0.05) is 15.3 Å². The molecule has 0 radical (unpaired) electrons. The topological polar surface area (TPSA) is 12.0 Å². The molecule has 0 aliphatic heterocycles. The maximum Gasteiger partial charge on any atom is 0.393 e. The summed E-state index contributed by atoms with van der Waals surface area (Å²) in [6.45, 7) is 0. The van der Waals surface area contributed by atoms with Gasteiger partial charge in [-0.3, -0.25) is 0 Å². The van der Waals surface area contributed by atoms with Crippen LogP contribution in [-0.4, -0.2) is 12.2 Å². The van der Waals surface area contributed by atoms with Crippen LogP contribution < -0.4 is 5.32 Å². The van der Waals surface area contributed by atoms with E-state index in [9.17, 15) is 13.2 Å². The van der Waals surface area contributed by atoms with Gasteiger partial charge in [-0.25, -0.2) is 0 Å². The molecule has 0 bridgehead atoms. The average molecular weight is 369 g/mol. The maximum atomic E-state index is 13.0. The lowest BCUT2D eigenvalue weighted by molar-refractivity contribution is -0.184. The van der Waals surface area contributed by atoms with Crippen LogP contribution in [0.25, 0.3) is 0 Å². The Kier molecular flexibility index (Phi) is 4.40. The summed E-state index contributed by atoms with van der Waals surface area (Å²) < 4.78 is 39.8. The van der Waals surface area contributed by atoms with Crippen molar-refractivity contribution in [2.45, 2.75) is 37.9 Å². The van der Waals surface area contributed by atoms with E-state index in [4.69, 9.17) is 0 Å². The molecule has 0 spiro atoms. The third-order valence-electron chi connectivity index (χ3n) is 3.40. The van der Waals surface area contributed by atoms with Crippen LogP contribution in [0.5, 0.6) is 0 Å². The van der Waals surface area contributed by atoms with Crippen molar-refractivity contribution >= 4 is 28.3 Å². The molecule has 0 aromatic heterocycles. The molecule has 1 aromatic carbocycles. The van der Waals surface area contributed by atoms with E-state index in [0.717, 1.165) is 15.7 Å². The van der Waals surface area contributed by atoms with E-state index in [-0.39, 0.29) is 6.42 Å². The minimum atomic E-state index is -4.10. The summed E-state index contributed by atoms with van der Waals surface area (Å²) in [7, 11) is 0. The van der Waals surface area contributed by atoms with E-state index in [1.165, 1.54) is 0 Å². The summed E-state index contributed by atoms with van der Waals surface area (Å²) in [4.78, 5) is 0. The van der Waals surface area contributed by atoms with E-state index in [2.05, 4.69) is 27.9 Å². The summed E-state index contributed by atoms with van der Waals surface area (Å²) in [5, 5.41) is 3.08. The predicted octanol–water partition coefficient (Wildman–Crippen LogP) is 4.82. The van der Waals surface area contributed by atoms with Gasteiger partial charge in [-0.2, -0.15) is 13.2 Å². The molecule has 1 aliphatic carbocycles. The zero-order chi connectivity index (χ0) is 13.2. The van der Waals surface area contributed by atoms with Gasteiger partial charge in [0.1, 0.15) is 0 Å². The van der Waals surface area contributed by atoms with Crippen molar-refractivity contribution < 1.29 is 13.2 Å². The third kappa shape index (κ3) is 3.30. The quantitative estimate of drug-likeness (QED) is 0.737. The molecular weight excluding hydrogens is 354 g/mol. The highest BCUT2D eigenvalue weighted by atomic mass is 127. The molecule has 1 aliphatic rings. The minimum absolute atomic E-state index is 0.241. The maximum absolute atomic E-state index is 13.0. The molecule has 1 nitrogen and oxygen atoms in total. The van der Waals surface area contributed by atoms with E-state index in [0.29, 0.717) is 12.8 Å². The Morgan fingerprint density at radius 2 is 1.78 bits per heavy atom. The number of anilines is 1. The molecule has 0 heterocycles. The third-order valence-corrected chi connectivity index (χ3v) is 4.34. The number of para-hydroxylation sites is 1. The first-order valence-electron chi connectivity index (χ1n) is 6.06. The lowest BCUT2D eigenvalue weighted by atomic mass is 9.84. The van der Waals surface area contributed by atoms with E-state index < -0.39 is 18.1 Å². The van der Waals surface area contributed by atoms with Crippen molar-refractivity contribution in [3.8, 4) is 0 Å². The summed E-state index contributed by atoms with van der Waals surface area (Å²) in [5.41, 5.74) is 0.805. The second-order valence-corrected chi connectivity index (χ2v) is 5.83. The van der Waals surface area contributed by atoms with Crippen LogP contribution >= 0.6 is 22.6 Å². The van der Waals surface area contributed by atoms with Crippen molar-refractivity contribution in [2.75, 3.05) is 5.32 Å². The molecule has 18 heavy (non-hydrogen) atoms. The van der Waals surface area contributed by atoms with E-state index >= 15 is 0 Å². The number of nitrogens with one attached hydrogen (secondary N) is 1. The van der Waals surface area contributed by atoms with Crippen LogP contribution in [0.1, 0.15) is 25.7 Å². The SMILES string of the molecule is FC(F)(F)C1CCCCC1Nc1ccccc1I. The molecule has 2 unspecified atom stereocenters. The monoisotopic (exact) mass is 369 g/mol. The Hall–Kier alpha value is -0.460. The van der Waals surface area contributed by atoms with Gasteiger partial charge in [-0.1, -0.05) is 25.0 Å². The Bertz CT molecular complexity index is 405. The molecule has 1 fully saturated rings. The lowest BCUT2D eigenvalue weighted by Crippen LogP contribution is -2.41. The smallest absolute Gasteiger partial charge is 0.381 e. The van der Waals surface area contributed by atoms with Crippen molar-refractivity contribution in [3.05, 3.63) is 27.8 Å². The van der Waals surface area contributed by atoms with Gasteiger partial charge < -0.3 is 5.32 Å². The zero-order valence-electron chi connectivity index (χ0n) is 9.80. The Morgan fingerprint density at radius 1 is 1.11 bits per heavy atom. The zero-order valence-corrected chi connectivity index (χ0v) is 12.0. The van der Waals surface area contributed by atoms with Gasteiger partial charge in [-0.15, -0.1) is 0 Å². The molecular formula is C13H15F3IN. The molecule has 2 atom stereocenters. The van der Waals surface area contributed by atoms with Gasteiger partial charge in [0.05, 0.1) is 5.92 Å². The van der Waals surface area contributed by atoms with Crippen molar-refractivity contribution in [1.82, 2.24) is 0 Å². The minimum Gasteiger partial charge on any atom is -0.381 e. The van der Waals surface area contributed by atoms with Crippen LogP contribution in [0.3, 0.4) is 0 Å². The first kappa shape index (κ1) is 14.0. The number of halogens is 4. The molecule has 2 rings (SSSR count). The number of benzene rings is 1. The molecule has 0 amide bonds. The summed E-state index contributed by atoms with van der Waals surface area (Å²) in [5.74, 6) is -1.22. The fourth-order valence-corrected chi connectivity index (χ4v) is 3.02. The van der Waals surface area contributed by atoms with Crippen LogP contribution in [0.2, 0.25) is 0 Å². The normalized spacial score (nSPS) is 24.9. The highest BCUT2D eigenvalue weighted by Crippen LogP contribution is 2.39. The number of hydrogen-bond donors (Lipinski definition) is 1. The predicted molar refractivity (Wildman–Crippen MR) is 74.6 cm³/mol. The van der Waals surface area contributed by atoms with Gasteiger partial charge in [0.15, 0.2) is 0 Å². The van der Waals surface area contributed by atoms with Gasteiger partial charge >= 0.3 is 6.18 Å². The molecule has 5 heteroatoms. The highest BCUT2D eigenvalue weighted by Gasteiger charge is 2.45. The van der Waals surface area contributed by atoms with Crippen molar-refractivity contribution in [2.24, 2.45) is 5.92 Å². The number of rotatable bonds is 2. The fraction of sp³-hybridized carbons (Fsp3) is 0.538. The first-order valence-corrected chi connectivity index (χ1v) is 7.14. The Balaban J connectivity index is 2.13. The highest BCUT2D eigenvalue weighted by molar-refractivity contribution is 14.1. The van der Waals surface area contributed by atoms with Crippen molar-refractivity contribution in [3.63, 3.8) is 0 Å². The molecule has 100 valence electrons. The largest absolute Gasteiger partial charge is 0.393 e. The summed E-state index contributed by atoms with van der Waals surface area (Å²) >= 11 is 2.14. The Morgan fingerprint density at radius 3 is 2.44 bits per heavy atom. The lowest BCUT2D eigenvalue weighted by Gasteiger charge is -2.34. The van der Waals surface area contributed by atoms with Gasteiger partial charge in [0.25, 0.3) is 0 Å². The Labute approximate surface area is 118 Å². The van der Waals surface area contributed by atoms with E-state index in [1.807, 2.05) is 24.3 Å². The molecule has 1 aromatic rings. The molecule has 1 N–H and O–H groups in total. The number of alkyl halides is 3. The van der Waals surface area contributed by atoms with Crippen molar-refractivity contribution in [1.29, 1.82) is 0 Å². The summed E-state index contributed by atoms with van der Waals surface area (Å²) in [6, 6.07) is 6.97. The first-order chi connectivity index (χ1) is 8.48. The van der Waals surface area contributed by atoms with Crippen LogP contribution in [0.4, 0.5) is 18.9 Å². The second kappa shape index (κ2) is 5.67. The summed E-state index contributed by atoms with van der Waals surface area (Å²) in [6.07, 6.45) is -1.72. The average Bonchev–Trinajstić information content (AvgIpc) is 2.31. The number of hydrogen-bond acceptors (Lipinski definition) is 1. The van der Waals surface area contributed by atoms with Gasteiger partial charge in [-0.05, 0) is 47.6 Å². The van der Waals surface area contributed by atoms with Crippen LogP contribution in [0.15, 0.2) is 24.3 Å². The molecule has 0 saturated heterocycles. The molecule has 1 saturated carbocycles. The standard InChI is InChI=1S/C13H15F3IN/c14-13(15,16)9-5-1-3-7-11(9)18-12-8-4-2-6-10(12)17/h2,4,6,8-9,11,18H,1,3,5,7H2. The fourth-order valence-electron chi connectivity index (χ4n) is 2.47. The van der Waals surface area contributed by atoms with Gasteiger partial charge in [0.2, 0.25) is 0 Å².